The van der Waals surface area contributed by atoms with Crippen LogP contribution in [0.5, 0.6) is 0 Å². The topological polar surface area (TPSA) is 37.9 Å². The Morgan fingerprint density at radius 1 is 0.603 bits per heavy atom. The van der Waals surface area contributed by atoms with Crippen molar-refractivity contribution in [3.05, 3.63) is 234 Å². The van der Waals surface area contributed by atoms with Gasteiger partial charge in [-0.1, -0.05) is 170 Å². The van der Waals surface area contributed by atoms with Crippen molar-refractivity contribution in [1.82, 2.24) is 0 Å². The number of hydrogen-bond acceptors (Lipinski definition) is 3. The summed E-state index contributed by atoms with van der Waals surface area (Å²) in [7, 11) is 0. The number of allylic oxidation sites excluding steroid dienone is 5. The molecule has 0 aliphatic heterocycles. The van der Waals surface area contributed by atoms with Gasteiger partial charge < -0.3 is 4.42 Å². The van der Waals surface area contributed by atoms with E-state index in [9.17, 15) is 0 Å². The number of furan rings is 1. The average molecular weight is 745 g/mol. The molecule has 3 heteroatoms. The van der Waals surface area contributed by atoms with Crippen LogP contribution < -0.4 is 0 Å². The van der Waals surface area contributed by atoms with Gasteiger partial charge in [0.15, 0.2) is 5.76 Å². The van der Waals surface area contributed by atoms with Gasteiger partial charge in [-0.05, 0) is 110 Å². The maximum atomic E-state index is 6.58. The van der Waals surface area contributed by atoms with Crippen molar-refractivity contribution in [2.75, 3.05) is 0 Å². The van der Waals surface area contributed by atoms with E-state index in [4.69, 9.17) is 9.41 Å². The van der Waals surface area contributed by atoms with Crippen molar-refractivity contribution in [2.24, 2.45) is 9.98 Å². The average Bonchev–Trinajstić information content (AvgIpc) is 3.91. The Labute approximate surface area is 339 Å². The van der Waals surface area contributed by atoms with Crippen LogP contribution in [0.1, 0.15) is 40.5 Å². The Kier molecular flexibility index (Phi) is 8.65. The Bertz CT molecular complexity index is 2970. The van der Waals surface area contributed by atoms with Gasteiger partial charge >= 0.3 is 0 Å². The lowest BCUT2D eigenvalue weighted by Gasteiger charge is -2.30. The third-order valence-electron chi connectivity index (χ3n) is 11.8. The second-order valence-corrected chi connectivity index (χ2v) is 14.9. The standard InChI is InChI=1S/C55H40N2O/c1-4-6-19-37(5-2)52(57-35-36-17-8-7-9-18-36)54-53(56-3)46-33-40(29-31-51(46)58-54)38-20-16-21-39(32-38)41-28-30-45-44-24-12-15-27-49(44)55(50(45)34-41)47-25-13-10-22-42(47)43-23-11-14-26-48(43)55/h4-34H,2-3,35H2,1H3/b6-4-,37-19+,57-52?. The Balaban J connectivity index is 1.08. The summed E-state index contributed by atoms with van der Waals surface area (Å²) >= 11 is 0. The number of nitrogens with zero attached hydrogens (tertiary/aromatic N) is 2. The van der Waals surface area contributed by atoms with Gasteiger partial charge in [-0.15, -0.1) is 0 Å². The molecule has 1 spiro atoms. The van der Waals surface area contributed by atoms with E-state index in [0.717, 1.165) is 38.8 Å². The molecular weight excluding hydrogens is 705 g/mol. The monoisotopic (exact) mass is 744 g/mol. The summed E-state index contributed by atoms with van der Waals surface area (Å²) in [6.45, 7) is 10.6. The molecule has 0 bridgehead atoms. The predicted octanol–water partition coefficient (Wildman–Crippen LogP) is 14.1. The molecule has 1 heterocycles. The minimum absolute atomic E-state index is 0.387. The van der Waals surface area contributed by atoms with E-state index in [1.807, 2.05) is 55.5 Å². The van der Waals surface area contributed by atoms with Crippen LogP contribution in [0.4, 0.5) is 5.69 Å². The number of fused-ring (bicyclic) bond motifs is 11. The summed E-state index contributed by atoms with van der Waals surface area (Å²) in [6, 6.07) is 59.2. The van der Waals surface area contributed by atoms with Gasteiger partial charge in [-0.2, -0.15) is 0 Å². The molecule has 0 fully saturated rings. The Morgan fingerprint density at radius 2 is 1.17 bits per heavy atom. The zero-order valence-corrected chi connectivity index (χ0v) is 32.3. The fourth-order valence-corrected chi connectivity index (χ4v) is 9.23. The quantitative estimate of drug-likeness (QED) is 0.107. The number of aliphatic imine (C=N–C) groups is 2. The highest BCUT2D eigenvalue weighted by Gasteiger charge is 2.51. The molecule has 0 radical (unpaired) electrons. The van der Waals surface area contributed by atoms with Crippen LogP contribution in [0, 0.1) is 0 Å². The fraction of sp³-hybridized carbons (Fsp3) is 0.0545. The first-order chi connectivity index (χ1) is 28.6. The van der Waals surface area contributed by atoms with E-state index < -0.39 is 0 Å². The predicted molar refractivity (Wildman–Crippen MR) is 242 cm³/mol. The van der Waals surface area contributed by atoms with E-state index >= 15 is 0 Å². The molecule has 0 atom stereocenters. The lowest BCUT2D eigenvalue weighted by molar-refractivity contribution is 0.605. The smallest absolute Gasteiger partial charge is 0.179 e. The van der Waals surface area contributed by atoms with E-state index in [0.29, 0.717) is 23.7 Å². The second-order valence-electron chi connectivity index (χ2n) is 14.9. The summed E-state index contributed by atoms with van der Waals surface area (Å²) < 4.78 is 6.58. The highest BCUT2D eigenvalue weighted by Crippen LogP contribution is 2.63. The van der Waals surface area contributed by atoms with Crippen molar-refractivity contribution >= 4 is 29.1 Å². The number of benzene rings is 7. The lowest BCUT2D eigenvalue weighted by atomic mass is 9.70. The van der Waals surface area contributed by atoms with Crippen LogP contribution in [-0.4, -0.2) is 12.4 Å². The van der Waals surface area contributed by atoms with Crippen molar-refractivity contribution in [3.8, 4) is 44.5 Å². The van der Waals surface area contributed by atoms with E-state index in [1.54, 1.807) is 0 Å². The van der Waals surface area contributed by atoms with E-state index in [1.165, 1.54) is 50.1 Å². The lowest BCUT2D eigenvalue weighted by Crippen LogP contribution is -2.25. The van der Waals surface area contributed by atoms with Crippen molar-refractivity contribution in [2.45, 2.75) is 18.9 Å². The molecule has 2 aliphatic rings. The molecule has 0 unspecified atom stereocenters. The third kappa shape index (κ3) is 5.43. The minimum atomic E-state index is -0.387. The number of rotatable bonds is 9. The van der Waals surface area contributed by atoms with Gasteiger partial charge in [0.2, 0.25) is 0 Å². The SMILES string of the molecule is C=C/C(=C\C=C/C)C(=NCc1ccccc1)c1oc2ccc(-c3cccc(-c4ccc5c(c4)C4(c6ccccc6-c6ccccc64)c4ccccc4-5)c3)cc2c1N=C. The highest BCUT2D eigenvalue weighted by molar-refractivity contribution is 6.19. The molecule has 276 valence electrons. The molecular formula is C55H40N2O. The van der Waals surface area contributed by atoms with Crippen LogP contribution in [0.3, 0.4) is 0 Å². The summed E-state index contributed by atoms with van der Waals surface area (Å²) in [6.07, 6.45) is 7.77. The molecule has 2 aliphatic carbocycles. The summed E-state index contributed by atoms with van der Waals surface area (Å²) in [4.78, 5) is 9.61. The van der Waals surface area contributed by atoms with Gasteiger partial charge in [0.05, 0.1) is 12.0 Å². The summed E-state index contributed by atoms with van der Waals surface area (Å²) in [5.74, 6) is 0.575. The maximum Gasteiger partial charge on any atom is 0.179 e. The minimum Gasteiger partial charge on any atom is -0.452 e. The van der Waals surface area contributed by atoms with Crippen LogP contribution in [0.25, 0.3) is 55.5 Å². The molecule has 0 amide bonds. The first kappa shape index (κ1) is 35.1. The van der Waals surface area contributed by atoms with E-state index in [-0.39, 0.29) is 5.41 Å². The van der Waals surface area contributed by atoms with Crippen molar-refractivity contribution in [1.29, 1.82) is 0 Å². The molecule has 10 rings (SSSR count). The molecule has 0 N–H and O–H groups in total. The molecule has 7 aromatic carbocycles. The summed E-state index contributed by atoms with van der Waals surface area (Å²) in [5, 5.41) is 0.880. The van der Waals surface area contributed by atoms with Gasteiger partial charge in [0, 0.05) is 11.0 Å². The van der Waals surface area contributed by atoms with Crippen LogP contribution in [0.2, 0.25) is 0 Å². The largest absolute Gasteiger partial charge is 0.452 e. The van der Waals surface area contributed by atoms with E-state index in [2.05, 4.69) is 158 Å². The van der Waals surface area contributed by atoms with Crippen molar-refractivity contribution < 1.29 is 4.42 Å². The second kappa shape index (κ2) is 14.3. The normalized spacial score (nSPS) is 13.7. The highest BCUT2D eigenvalue weighted by atomic mass is 16.3. The van der Waals surface area contributed by atoms with Gasteiger partial charge in [0.25, 0.3) is 0 Å². The van der Waals surface area contributed by atoms with Crippen LogP contribution >= 0.6 is 0 Å². The van der Waals surface area contributed by atoms with Gasteiger partial charge in [-0.25, -0.2) is 0 Å². The molecule has 0 saturated carbocycles. The third-order valence-corrected chi connectivity index (χ3v) is 11.8. The fourth-order valence-electron chi connectivity index (χ4n) is 9.23. The number of hydrogen-bond donors (Lipinski definition) is 0. The molecule has 3 nitrogen and oxygen atoms in total. The summed E-state index contributed by atoms with van der Waals surface area (Å²) in [5.41, 5.74) is 18.7. The Hall–Kier alpha value is -7.36. The maximum absolute atomic E-state index is 6.58. The molecule has 8 aromatic rings. The molecule has 58 heavy (non-hydrogen) atoms. The first-order valence-corrected chi connectivity index (χ1v) is 19.8. The van der Waals surface area contributed by atoms with Gasteiger partial charge in [0.1, 0.15) is 17.0 Å². The zero-order chi connectivity index (χ0) is 39.2. The van der Waals surface area contributed by atoms with Crippen molar-refractivity contribution in [3.63, 3.8) is 0 Å². The van der Waals surface area contributed by atoms with Gasteiger partial charge in [-0.3, -0.25) is 9.98 Å². The first-order valence-electron chi connectivity index (χ1n) is 19.8. The van der Waals surface area contributed by atoms with Crippen LogP contribution in [-0.2, 0) is 12.0 Å². The zero-order valence-electron chi connectivity index (χ0n) is 32.3. The molecule has 0 saturated heterocycles. The Morgan fingerprint density at radius 3 is 1.79 bits per heavy atom. The van der Waals surface area contributed by atoms with Crippen LogP contribution in [0.15, 0.2) is 215 Å². The molecule has 1 aromatic heterocycles.